The van der Waals surface area contributed by atoms with E-state index >= 15 is 0 Å². The lowest BCUT2D eigenvalue weighted by atomic mass is 9.77. The van der Waals surface area contributed by atoms with E-state index in [0.29, 0.717) is 0 Å². The van der Waals surface area contributed by atoms with Crippen LogP contribution >= 0.6 is 0 Å². The SMILES string of the molecule is Cc1cc(-c2ccccc2)c2c(c1)-c1cc(N(C)C)cc(C)c1C2(C)C. The van der Waals surface area contributed by atoms with Crippen molar-refractivity contribution in [2.45, 2.75) is 33.1 Å². The van der Waals surface area contributed by atoms with Crippen LogP contribution in [0.1, 0.15) is 36.1 Å². The molecule has 0 N–H and O–H groups in total. The Bertz CT molecular complexity index is 994. The second kappa shape index (κ2) is 5.74. The highest BCUT2D eigenvalue weighted by atomic mass is 15.1. The van der Waals surface area contributed by atoms with Crippen molar-refractivity contribution < 1.29 is 0 Å². The lowest BCUT2D eigenvalue weighted by molar-refractivity contribution is 0.657. The molecule has 0 aliphatic heterocycles. The molecule has 3 aromatic rings. The zero-order valence-electron chi connectivity index (χ0n) is 16.6. The molecule has 132 valence electrons. The maximum absolute atomic E-state index is 2.38. The number of rotatable bonds is 2. The third-order valence-electron chi connectivity index (χ3n) is 5.74. The molecular weight excluding hydrogens is 314 g/mol. The molecule has 0 amide bonds. The summed E-state index contributed by atoms with van der Waals surface area (Å²) in [5.41, 5.74) is 12.4. The molecule has 0 radical (unpaired) electrons. The molecule has 4 rings (SSSR count). The first-order valence-electron chi connectivity index (χ1n) is 9.34. The quantitative estimate of drug-likeness (QED) is 0.525. The van der Waals surface area contributed by atoms with Gasteiger partial charge in [0, 0.05) is 25.2 Å². The van der Waals surface area contributed by atoms with Crippen LogP contribution in [0.3, 0.4) is 0 Å². The van der Waals surface area contributed by atoms with Crippen molar-refractivity contribution in [1.82, 2.24) is 0 Å². The van der Waals surface area contributed by atoms with Crippen LogP contribution in [0.4, 0.5) is 5.69 Å². The maximum atomic E-state index is 2.38. The average Bonchev–Trinajstić information content (AvgIpc) is 2.82. The Morgan fingerprint density at radius 1 is 0.731 bits per heavy atom. The van der Waals surface area contributed by atoms with Gasteiger partial charge in [0.1, 0.15) is 0 Å². The van der Waals surface area contributed by atoms with Gasteiger partial charge in [0.15, 0.2) is 0 Å². The molecule has 1 aliphatic rings. The van der Waals surface area contributed by atoms with E-state index in [1.165, 1.54) is 50.2 Å². The third-order valence-corrected chi connectivity index (χ3v) is 5.74. The molecule has 0 heterocycles. The van der Waals surface area contributed by atoms with Gasteiger partial charge >= 0.3 is 0 Å². The minimum Gasteiger partial charge on any atom is -0.378 e. The Balaban J connectivity index is 2.08. The van der Waals surface area contributed by atoms with Crippen LogP contribution in [0.5, 0.6) is 0 Å². The van der Waals surface area contributed by atoms with Crippen molar-refractivity contribution in [3.05, 3.63) is 76.9 Å². The van der Waals surface area contributed by atoms with E-state index in [9.17, 15) is 0 Å². The van der Waals surface area contributed by atoms with Crippen LogP contribution < -0.4 is 4.90 Å². The second-order valence-corrected chi connectivity index (χ2v) is 8.31. The standard InChI is InChI=1S/C25H27N/c1-16-12-20(18-10-8-7-9-11-18)24-21(13-16)22-15-19(26(5)6)14-17(2)23(22)25(24,3)4/h7-15H,1-6H3. The van der Waals surface area contributed by atoms with E-state index < -0.39 is 0 Å². The molecule has 1 aliphatic carbocycles. The van der Waals surface area contributed by atoms with E-state index in [2.05, 4.69) is 101 Å². The number of aryl methyl sites for hydroxylation is 2. The highest BCUT2D eigenvalue weighted by Gasteiger charge is 2.39. The molecule has 0 saturated carbocycles. The van der Waals surface area contributed by atoms with Gasteiger partial charge in [0.25, 0.3) is 0 Å². The Morgan fingerprint density at radius 2 is 1.35 bits per heavy atom. The molecule has 0 atom stereocenters. The molecule has 0 spiro atoms. The van der Waals surface area contributed by atoms with Crippen molar-refractivity contribution >= 4 is 5.69 Å². The van der Waals surface area contributed by atoms with Crippen LogP contribution in [-0.4, -0.2) is 14.1 Å². The van der Waals surface area contributed by atoms with Crippen molar-refractivity contribution in [1.29, 1.82) is 0 Å². The van der Waals surface area contributed by atoms with Gasteiger partial charge in [-0.15, -0.1) is 0 Å². The molecular formula is C25H27N. The van der Waals surface area contributed by atoms with Crippen LogP contribution in [0, 0.1) is 13.8 Å². The van der Waals surface area contributed by atoms with Gasteiger partial charge in [-0.2, -0.15) is 0 Å². The Morgan fingerprint density at radius 3 is 2.00 bits per heavy atom. The first kappa shape index (κ1) is 16.9. The third kappa shape index (κ3) is 2.38. The largest absolute Gasteiger partial charge is 0.378 e. The summed E-state index contributed by atoms with van der Waals surface area (Å²) in [7, 11) is 4.24. The lowest BCUT2D eigenvalue weighted by Crippen LogP contribution is -2.18. The predicted molar refractivity (Wildman–Crippen MR) is 113 cm³/mol. The number of benzene rings is 3. The molecule has 1 nitrogen and oxygen atoms in total. The fourth-order valence-corrected chi connectivity index (χ4v) is 4.71. The van der Waals surface area contributed by atoms with Gasteiger partial charge in [-0.25, -0.2) is 0 Å². The molecule has 0 saturated heterocycles. The fourth-order valence-electron chi connectivity index (χ4n) is 4.71. The van der Waals surface area contributed by atoms with E-state index in [1.54, 1.807) is 0 Å². The molecule has 3 aromatic carbocycles. The Labute approximate surface area is 157 Å². The molecule has 0 unspecified atom stereocenters. The predicted octanol–water partition coefficient (Wildman–Crippen LogP) is 6.34. The summed E-state index contributed by atoms with van der Waals surface area (Å²) in [4.78, 5) is 2.20. The first-order chi connectivity index (χ1) is 12.3. The van der Waals surface area contributed by atoms with Gasteiger partial charge in [0.05, 0.1) is 0 Å². The van der Waals surface area contributed by atoms with Gasteiger partial charge in [-0.05, 0) is 70.5 Å². The molecule has 0 aromatic heterocycles. The average molecular weight is 341 g/mol. The first-order valence-corrected chi connectivity index (χ1v) is 9.34. The maximum Gasteiger partial charge on any atom is 0.0370 e. The molecule has 26 heavy (non-hydrogen) atoms. The van der Waals surface area contributed by atoms with Gasteiger partial charge in [-0.3, -0.25) is 0 Å². The minimum atomic E-state index is -0.00152. The van der Waals surface area contributed by atoms with Crippen molar-refractivity contribution in [3.8, 4) is 22.3 Å². The number of fused-ring (bicyclic) bond motifs is 3. The number of nitrogens with zero attached hydrogens (tertiary/aromatic N) is 1. The second-order valence-electron chi connectivity index (χ2n) is 8.31. The van der Waals surface area contributed by atoms with E-state index in [1.807, 2.05) is 0 Å². The van der Waals surface area contributed by atoms with Crippen molar-refractivity contribution in [2.24, 2.45) is 0 Å². The van der Waals surface area contributed by atoms with E-state index in [-0.39, 0.29) is 5.41 Å². The van der Waals surface area contributed by atoms with Crippen LogP contribution in [0.25, 0.3) is 22.3 Å². The summed E-state index contributed by atoms with van der Waals surface area (Å²) in [6, 6.07) is 20.2. The summed E-state index contributed by atoms with van der Waals surface area (Å²) >= 11 is 0. The zero-order valence-corrected chi connectivity index (χ0v) is 16.6. The summed E-state index contributed by atoms with van der Waals surface area (Å²) in [6.45, 7) is 9.22. The van der Waals surface area contributed by atoms with Gasteiger partial charge < -0.3 is 4.90 Å². The summed E-state index contributed by atoms with van der Waals surface area (Å²) in [5, 5.41) is 0. The van der Waals surface area contributed by atoms with E-state index in [0.717, 1.165) is 0 Å². The summed E-state index contributed by atoms with van der Waals surface area (Å²) < 4.78 is 0. The highest BCUT2D eigenvalue weighted by molar-refractivity contribution is 5.90. The topological polar surface area (TPSA) is 3.24 Å². The monoisotopic (exact) mass is 341 g/mol. The molecule has 1 heteroatoms. The lowest BCUT2D eigenvalue weighted by Gasteiger charge is -2.27. The fraction of sp³-hybridized carbons (Fsp3) is 0.280. The minimum absolute atomic E-state index is 0.00152. The van der Waals surface area contributed by atoms with Gasteiger partial charge in [0.2, 0.25) is 0 Å². The number of hydrogen-bond donors (Lipinski definition) is 0. The van der Waals surface area contributed by atoms with Crippen molar-refractivity contribution in [3.63, 3.8) is 0 Å². The normalized spacial score (nSPS) is 14.1. The highest BCUT2D eigenvalue weighted by Crippen LogP contribution is 2.54. The molecule has 0 fully saturated rings. The van der Waals surface area contributed by atoms with E-state index in [4.69, 9.17) is 0 Å². The van der Waals surface area contributed by atoms with Crippen LogP contribution in [-0.2, 0) is 5.41 Å². The summed E-state index contributed by atoms with van der Waals surface area (Å²) in [6.07, 6.45) is 0. The number of hydrogen-bond acceptors (Lipinski definition) is 1. The smallest absolute Gasteiger partial charge is 0.0370 e. The van der Waals surface area contributed by atoms with Crippen LogP contribution in [0.2, 0.25) is 0 Å². The Hall–Kier alpha value is -2.54. The molecule has 0 bridgehead atoms. The Kier molecular flexibility index (Phi) is 3.73. The van der Waals surface area contributed by atoms with Gasteiger partial charge in [-0.1, -0.05) is 56.3 Å². The summed E-state index contributed by atoms with van der Waals surface area (Å²) in [5.74, 6) is 0. The number of anilines is 1. The van der Waals surface area contributed by atoms with Crippen LogP contribution in [0.15, 0.2) is 54.6 Å². The zero-order chi connectivity index (χ0) is 18.6. The van der Waals surface area contributed by atoms with Crippen molar-refractivity contribution in [2.75, 3.05) is 19.0 Å².